The van der Waals surface area contributed by atoms with Crippen LogP contribution in [0.1, 0.15) is 28.8 Å². The zero-order valence-corrected chi connectivity index (χ0v) is 14.1. The van der Waals surface area contributed by atoms with Gasteiger partial charge in [-0.2, -0.15) is 5.10 Å². The van der Waals surface area contributed by atoms with E-state index in [1.807, 2.05) is 20.2 Å². The molecule has 0 fully saturated rings. The topological polar surface area (TPSA) is 67.4 Å². The lowest BCUT2D eigenvalue weighted by Gasteiger charge is -2.22. The summed E-state index contributed by atoms with van der Waals surface area (Å²) >= 11 is 1.69. The van der Waals surface area contributed by atoms with Crippen molar-refractivity contribution in [2.45, 2.75) is 32.9 Å². The standard InChI is InChI=1S/C15H21N5OS/c1-10-7-20-13(11(2)18-14(20)22-10)6-16-9-15(3,21)12-5-17-19(4)8-12/h5,7-8,16,21H,6,9H2,1-4H3. The van der Waals surface area contributed by atoms with Gasteiger partial charge in [0.05, 0.1) is 17.6 Å². The molecule has 7 heteroatoms. The van der Waals surface area contributed by atoms with Gasteiger partial charge < -0.3 is 10.4 Å². The Morgan fingerprint density at radius 1 is 1.36 bits per heavy atom. The highest BCUT2D eigenvalue weighted by atomic mass is 32.1. The molecule has 22 heavy (non-hydrogen) atoms. The molecule has 3 aromatic heterocycles. The predicted molar refractivity (Wildman–Crippen MR) is 87.0 cm³/mol. The van der Waals surface area contributed by atoms with Gasteiger partial charge >= 0.3 is 0 Å². The Bertz CT molecular complexity index is 798. The molecule has 0 bridgehead atoms. The first-order chi connectivity index (χ1) is 10.4. The van der Waals surface area contributed by atoms with Crippen LogP contribution in [-0.2, 0) is 19.2 Å². The highest BCUT2D eigenvalue weighted by Gasteiger charge is 2.24. The molecule has 2 N–H and O–H groups in total. The van der Waals surface area contributed by atoms with Crippen molar-refractivity contribution < 1.29 is 5.11 Å². The van der Waals surface area contributed by atoms with Gasteiger partial charge in [0.1, 0.15) is 5.60 Å². The molecule has 0 aromatic carbocycles. The molecule has 0 spiro atoms. The molecule has 118 valence electrons. The number of aromatic nitrogens is 4. The molecule has 6 nitrogen and oxygen atoms in total. The summed E-state index contributed by atoms with van der Waals surface area (Å²) in [4.78, 5) is 6.84. The van der Waals surface area contributed by atoms with Crippen LogP contribution in [0.2, 0.25) is 0 Å². The van der Waals surface area contributed by atoms with E-state index < -0.39 is 5.60 Å². The van der Waals surface area contributed by atoms with Crippen LogP contribution < -0.4 is 5.32 Å². The molecule has 0 saturated heterocycles. The van der Waals surface area contributed by atoms with E-state index in [1.54, 1.807) is 29.1 Å². The third kappa shape index (κ3) is 2.79. The average molecular weight is 319 g/mol. The molecule has 1 unspecified atom stereocenters. The highest BCUT2D eigenvalue weighted by Crippen LogP contribution is 2.22. The minimum Gasteiger partial charge on any atom is -0.384 e. The van der Waals surface area contributed by atoms with Crippen molar-refractivity contribution >= 4 is 16.3 Å². The van der Waals surface area contributed by atoms with E-state index >= 15 is 0 Å². The second-order valence-corrected chi connectivity index (χ2v) is 7.13. The number of imidazole rings is 1. The summed E-state index contributed by atoms with van der Waals surface area (Å²) < 4.78 is 3.82. The lowest BCUT2D eigenvalue weighted by Crippen LogP contribution is -2.35. The molecule has 0 aliphatic heterocycles. The molecule has 1 atom stereocenters. The van der Waals surface area contributed by atoms with E-state index in [0.717, 1.165) is 21.9 Å². The van der Waals surface area contributed by atoms with Gasteiger partial charge in [-0.05, 0) is 20.8 Å². The zero-order valence-electron chi connectivity index (χ0n) is 13.3. The monoisotopic (exact) mass is 319 g/mol. The fourth-order valence-electron chi connectivity index (χ4n) is 2.55. The second-order valence-electron chi connectivity index (χ2n) is 5.92. The number of nitrogens with zero attached hydrogens (tertiary/aromatic N) is 4. The maximum absolute atomic E-state index is 10.6. The van der Waals surface area contributed by atoms with Crippen LogP contribution in [0.15, 0.2) is 18.6 Å². The van der Waals surface area contributed by atoms with Crippen molar-refractivity contribution in [3.63, 3.8) is 0 Å². The minimum absolute atomic E-state index is 0.453. The molecule has 0 radical (unpaired) electrons. The number of aryl methyl sites for hydroxylation is 3. The summed E-state index contributed by atoms with van der Waals surface area (Å²) in [6, 6.07) is 0. The lowest BCUT2D eigenvalue weighted by atomic mass is 10.00. The summed E-state index contributed by atoms with van der Waals surface area (Å²) in [5.74, 6) is 0. The van der Waals surface area contributed by atoms with E-state index in [2.05, 4.69) is 32.9 Å². The van der Waals surface area contributed by atoms with Gasteiger partial charge in [0, 0.05) is 43.0 Å². The van der Waals surface area contributed by atoms with Gasteiger partial charge in [0.2, 0.25) is 0 Å². The molecule has 0 aliphatic rings. The van der Waals surface area contributed by atoms with Crippen LogP contribution in [0.25, 0.3) is 4.96 Å². The lowest BCUT2D eigenvalue weighted by molar-refractivity contribution is 0.0565. The number of aliphatic hydroxyl groups is 1. The first-order valence-corrected chi connectivity index (χ1v) is 8.04. The Hall–Kier alpha value is -1.70. The third-order valence-corrected chi connectivity index (χ3v) is 4.73. The van der Waals surface area contributed by atoms with Crippen molar-refractivity contribution in [2.24, 2.45) is 7.05 Å². The normalized spacial score (nSPS) is 14.6. The average Bonchev–Trinajstić information content (AvgIpc) is 3.07. The van der Waals surface area contributed by atoms with Crippen molar-refractivity contribution in [1.29, 1.82) is 0 Å². The van der Waals surface area contributed by atoms with Gasteiger partial charge in [0.15, 0.2) is 4.96 Å². The Labute approximate surface area is 133 Å². The summed E-state index contributed by atoms with van der Waals surface area (Å²) in [5, 5.41) is 18.0. The molecule has 0 saturated carbocycles. The summed E-state index contributed by atoms with van der Waals surface area (Å²) in [6.45, 7) is 7.02. The molecule has 3 aromatic rings. The van der Waals surface area contributed by atoms with Crippen LogP contribution in [0.3, 0.4) is 0 Å². The van der Waals surface area contributed by atoms with E-state index in [-0.39, 0.29) is 0 Å². The predicted octanol–water partition coefficient (Wildman–Crippen LogP) is 1.74. The van der Waals surface area contributed by atoms with Crippen LogP contribution >= 0.6 is 11.3 Å². The van der Waals surface area contributed by atoms with E-state index in [9.17, 15) is 5.11 Å². The van der Waals surface area contributed by atoms with Crippen molar-refractivity contribution in [3.8, 4) is 0 Å². The van der Waals surface area contributed by atoms with Crippen molar-refractivity contribution in [3.05, 3.63) is 40.4 Å². The van der Waals surface area contributed by atoms with Crippen molar-refractivity contribution in [1.82, 2.24) is 24.5 Å². The Morgan fingerprint density at radius 2 is 2.14 bits per heavy atom. The molecule has 0 amide bonds. The number of hydrogen-bond acceptors (Lipinski definition) is 5. The van der Waals surface area contributed by atoms with Gasteiger partial charge in [-0.15, -0.1) is 11.3 Å². The first-order valence-electron chi connectivity index (χ1n) is 7.23. The SMILES string of the molecule is Cc1cn2c(CNCC(C)(O)c3cnn(C)c3)c(C)nc2s1. The maximum atomic E-state index is 10.6. The van der Waals surface area contributed by atoms with Gasteiger partial charge in [-0.1, -0.05) is 0 Å². The summed E-state index contributed by atoms with van der Waals surface area (Å²) in [5.41, 5.74) is 2.03. The smallest absolute Gasteiger partial charge is 0.194 e. The van der Waals surface area contributed by atoms with Gasteiger partial charge in [-0.3, -0.25) is 9.08 Å². The Kier molecular flexibility index (Phi) is 3.80. The molecule has 3 heterocycles. The molecular weight excluding hydrogens is 298 g/mol. The summed E-state index contributed by atoms with van der Waals surface area (Å²) in [6.07, 6.45) is 5.65. The fraction of sp³-hybridized carbons (Fsp3) is 0.467. The fourth-order valence-corrected chi connectivity index (χ4v) is 3.44. The Balaban J connectivity index is 1.70. The minimum atomic E-state index is -0.948. The van der Waals surface area contributed by atoms with Gasteiger partial charge in [0.25, 0.3) is 0 Å². The van der Waals surface area contributed by atoms with Crippen LogP contribution in [0.5, 0.6) is 0 Å². The summed E-state index contributed by atoms with van der Waals surface area (Å²) in [7, 11) is 1.85. The molecule has 3 rings (SSSR count). The quantitative estimate of drug-likeness (QED) is 0.752. The van der Waals surface area contributed by atoms with Crippen LogP contribution in [0.4, 0.5) is 0 Å². The molecular formula is C15H21N5OS. The first kappa shape index (κ1) is 15.2. The number of rotatable bonds is 5. The maximum Gasteiger partial charge on any atom is 0.194 e. The number of nitrogens with one attached hydrogen (secondary N) is 1. The second kappa shape index (κ2) is 5.49. The number of fused-ring (bicyclic) bond motifs is 1. The van der Waals surface area contributed by atoms with Crippen LogP contribution in [-0.4, -0.2) is 30.8 Å². The number of thiazole rings is 1. The largest absolute Gasteiger partial charge is 0.384 e. The highest BCUT2D eigenvalue weighted by molar-refractivity contribution is 7.17. The van der Waals surface area contributed by atoms with E-state index in [4.69, 9.17) is 0 Å². The molecule has 0 aliphatic carbocycles. The number of hydrogen-bond donors (Lipinski definition) is 2. The van der Waals surface area contributed by atoms with E-state index in [0.29, 0.717) is 13.1 Å². The zero-order chi connectivity index (χ0) is 15.9. The third-order valence-electron chi connectivity index (χ3n) is 3.83. The van der Waals surface area contributed by atoms with Gasteiger partial charge in [-0.25, -0.2) is 4.98 Å². The van der Waals surface area contributed by atoms with E-state index in [1.165, 1.54) is 4.88 Å². The van der Waals surface area contributed by atoms with Crippen LogP contribution in [0, 0.1) is 13.8 Å². The van der Waals surface area contributed by atoms with Crippen molar-refractivity contribution in [2.75, 3.05) is 6.54 Å². The Morgan fingerprint density at radius 3 is 2.82 bits per heavy atom.